The standard InChI is InChI=1S/C17H12FN3O3S/c1-2-24-17(23)13-5-6-14(25-13)21-16(22)11-8-19-12-4-3-9(18)7-10(12)15(11)20-21/h3-8,19H,2H2,1H3. The average molecular weight is 357 g/mol. The van der Waals surface area contributed by atoms with Crippen LogP contribution in [0.4, 0.5) is 4.39 Å². The molecule has 0 unspecified atom stereocenters. The monoisotopic (exact) mass is 357 g/mol. The number of carbonyl (C=O) groups excluding carboxylic acids is 1. The Balaban J connectivity index is 1.88. The van der Waals surface area contributed by atoms with Gasteiger partial charge in [0, 0.05) is 17.1 Å². The van der Waals surface area contributed by atoms with E-state index in [1.54, 1.807) is 31.3 Å². The number of H-pyrrole nitrogens is 1. The van der Waals surface area contributed by atoms with Gasteiger partial charge >= 0.3 is 5.97 Å². The van der Waals surface area contributed by atoms with E-state index in [9.17, 15) is 14.0 Å². The van der Waals surface area contributed by atoms with Crippen LogP contribution in [0.1, 0.15) is 16.6 Å². The smallest absolute Gasteiger partial charge is 0.348 e. The van der Waals surface area contributed by atoms with Crippen molar-refractivity contribution in [3.63, 3.8) is 0 Å². The number of esters is 1. The summed E-state index contributed by atoms with van der Waals surface area (Å²) in [5.41, 5.74) is 1.10. The highest BCUT2D eigenvalue weighted by atomic mass is 32.1. The summed E-state index contributed by atoms with van der Waals surface area (Å²) in [6.45, 7) is 2.00. The Hall–Kier alpha value is -3.00. The van der Waals surface area contributed by atoms with E-state index in [1.807, 2.05) is 0 Å². The van der Waals surface area contributed by atoms with Crippen LogP contribution in [0, 0.1) is 5.82 Å². The number of hydrogen-bond acceptors (Lipinski definition) is 5. The highest BCUT2D eigenvalue weighted by molar-refractivity contribution is 7.16. The summed E-state index contributed by atoms with van der Waals surface area (Å²) in [5.74, 6) is -0.847. The van der Waals surface area contributed by atoms with E-state index in [0.29, 0.717) is 32.0 Å². The molecule has 0 spiro atoms. The predicted molar refractivity (Wildman–Crippen MR) is 92.1 cm³/mol. The third kappa shape index (κ3) is 2.51. The van der Waals surface area contributed by atoms with Gasteiger partial charge in [-0.05, 0) is 37.3 Å². The van der Waals surface area contributed by atoms with Gasteiger partial charge in [0.15, 0.2) is 0 Å². The Morgan fingerprint density at radius 1 is 1.36 bits per heavy atom. The second-order valence-corrected chi connectivity index (χ2v) is 6.38. The number of nitrogens with one attached hydrogen (secondary N) is 1. The SMILES string of the molecule is CCOC(=O)c1ccc(-n2nc3c4cc(F)ccc4[nH]cc-3c2=O)s1. The first kappa shape index (κ1) is 15.5. The van der Waals surface area contributed by atoms with Crippen LogP contribution in [0.25, 0.3) is 27.2 Å². The zero-order valence-corrected chi connectivity index (χ0v) is 13.9. The lowest BCUT2D eigenvalue weighted by molar-refractivity contribution is 0.0532. The number of aromatic nitrogens is 3. The van der Waals surface area contributed by atoms with Crippen molar-refractivity contribution < 1.29 is 13.9 Å². The number of halogens is 1. The molecule has 2 aliphatic rings. The summed E-state index contributed by atoms with van der Waals surface area (Å²) in [5, 5.41) is 5.36. The highest BCUT2D eigenvalue weighted by Gasteiger charge is 2.21. The van der Waals surface area contributed by atoms with Gasteiger partial charge in [-0.3, -0.25) is 4.79 Å². The molecule has 1 N–H and O–H groups in total. The Morgan fingerprint density at radius 2 is 2.20 bits per heavy atom. The molecule has 8 heteroatoms. The van der Waals surface area contributed by atoms with Crippen molar-refractivity contribution in [3.05, 3.63) is 57.6 Å². The molecule has 0 fully saturated rings. The van der Waals surface area contributed by atoms with Crippen LogP contribution in [0.5, 0.6) is 0 Å². The highest BCUT2D eigenvalue weighted by Crippen LogP contribution is 2.28. The van der Waals surface area contributed by atoms with Crippen molar-refractivity contribution >= 4 is 28.2 Å². The van der Waals surface area contributed by atoms with Gasteiger partial charge in [0.1, 0.15) is 21.4 Å². The number of fused-ring (bicyclic) bond motifs is 3. The molecular formula is C17H12FN3O3S. The first-order chi connectivity index (χ1) is 12.1. The van der Waals surface area contributed by atoms with Crippen LogP contribution in [-0.4, -0.2) is 27.3 Å². The number of pyridine rings is 1. The van der Waals surface area contributed by atoms with E-state index in [1.165, 1.54) is 16.8 Å². The van der Waals surface area contributed by atoms with Crippen molar-refractivity contribution in [2.45, 2.75) is 6.92 Å². The largest absolute Gasteiger partial charge is 0.462 e. The molecule has 2 aliphatic heterocycles. The average Bonchev–Trinajstić information content (AvgIpc) is 3.20. The summed E-state index contributed by atoms with van der Waals surface area (Å²) < 4.78 is 19.8. The van der Waals surface area contributed by atoms with Crippen LogP contribution >= 0.6 is 11.3 Å². The van der Waals surface area contributed by atoms with Crippen LogP contribution in [0.3, 0.4) is 0 Å². The first-order valence-corrected chi connectivity index (χ1v) is 8.37. The number of hydrogen-bond donors (Lipinski definition) is 1. The molecular weight excluding hydrogens is 345 g/mol. The van der Waals surface area contributed by atoms with Crippen LogP contribution in [-0.2, 0) is 4.74 Å². The predicted octanol–water partition coefficient (Wildman–Crippen LogP) is 3.20. The minimum absolute atomic E-state index is 0.276. The molecule has 0 saturated carbocycles. The van der Waals surface area contributed by atoms with Crippen molar-refractivity contribution in [1.82, 2.24) is 14.8 Å². The Morgan fingerprint density at radius 3 is 3.00 bits per heavy atom. The van der Waals surface area contributed by atoms with E-state index >= 15 is 0 Å². The summed E-state index contributed by atoms with van der Waals surface area (Å²) in [7, 11) is 0. The third-order valence-electron chi connectivity index (χ3n) is 3.76. The molecule has 25 heavy (non-hydrogen) atoms. The van der Waals surface area contributed by atoms with Gasteiger partial charge in [-0.2, -0.15) is 9.78 Å². The maximum atomic E-state index is 13.6. The third-order valence-corrected chi connectivity index (χ3v) is 4.80. The topological polar surface area (TPSA) is 77.0 Å². The van der Waals surface area contributed by atoms with Crippen LogP contribution < -0.4 is 5.56 Å². The molecule has 3 heterocycles. The van der Waals surface area contributed by atoms with E-state index in [-0.39, 0.29) is 12.2 Å². The molecule has 1 aromatic carbocycles. The first-order valence-electron chi connectivity index (χ1n) is 7.55. The molecule has 0 aliphatic carbocycles. The Labute approximate surface area is 144 Å². The van der Waals surface area contributed by atoms with Gasteiger partial charge in [0.05, 0.1) is 12.2 Å². The van der Waals surface area contributed by atoms with Crippen molar-refractivity contribution in [2.75, 3.05) is 6.61 Å². The lowest BCUT2D eigenvalue weighted by Crippen LogP contribution is -2.13. The fourth-order valence-electron chi connectivity index (χ4n) is 2.63. The van der Waals surface area contributed by atoms with Crippen LogP contribution in [0.15, 0.2) is 41.3 Å². The molecule has 0 radical (unpaired) electrons. The van der Waals surface area contributed by atoms with Crippen molar-refractivity contribution in [3.8, 4) is 16.3 Å². The molecule has 0 bridgehead atoms. The number of carbonyl (C=O) groups is 1. The van der Waals surface area contributed by atoms with Gasteiger partial charge in [-0.25, -0.2) is 9.18 Å². The number of rotatable bonds is 3. The second-order valence-electron chi connectivity index (χ2n) is 5.32. The van der Waals surface area contributed by atoms with E-state index in [4.69, 9.17) is 4.74 Å². The Kier molecular flexibility index (Phi) is 3.61. The molecule has 4 rings (SSSR count). The number of nitrogens with zero attached hydrogens (tertiary/aromatic N) is 2. The second kappa shape index (κ2) is 5.82. The number of thiophene rings is 1. The van der Waals surface area contributed by atoms with Crippen molar-refractivity contribution in [2.24, 2.45) is 0 Å². The number of benzene rings is 1. The van der Waals surface area contributed by atoms with Gasteiger partial charge in [-0.1, -0.05) is 0 Å². The maximum Gasteiger partial charge on any atom is 0.348 e. The van der Waals surface area contributed by atoms with Crippen LogP contribution in [0.2, 0.25) is 0 Å². The quantitative estimate of drug-likeness (QED) is 0.571. The summed E-state index contributed by atoms with van der Waals surface area (Å²) >= 11 is 1.11. The van der Waals surface area contributed by atoms with E-state index in [0.717, 1.165) is 11.3 Å². The molecule has 0 amide bonds. The van der Waals surface area contributed by atoms with Crippen molar-refractivity contribution in [1.29, 1.82) is 0 Å². The summed E-state index contributed by atoms with van der Waals surface area (Å²) in [6, 6.07) is 7.50. The fraction of sp³-hybridized carbons (Fsp3) is 0.118. The van der Waals surface area contributed by atoms with Gasteiger partial charge < -0.3 is 9.72 Å². The summed E-state index contributed by atoms with van der Waals surface area (Å²) in [4.78, 5) is 27.8. The number of aromatic amines is 1. The molecule has 0 atom stereocenters. The van der Waals surface area contributed by atoms with E-state index in [2.05, 4.69) is 10.1 Å². The molecule has 0 saturated heterocycles. The van der Waals surface area contributed by atoms with E-state index < -0.39 is 11.8 Å². The molecule has 6 nitrogen and oxygen atoms in total. The lowest BCUT2D eigenvalue weighted by Gasteiger charge is -2.02. The van der Waals surface area contributed by atoms with Gasteiger partial charge in [0.2, 0.25) is 0 Å². The fourth-order valence-corrected chi connectivity index (χ4v) is 3.48. The molecule has 126 valence electrons. The van der Waals surface area contributed by atoms with Gasteiger partial charge in [-0.15, -0.1) is 11.3 Å². The Bertz CT molecular complexity index is 1130. The minimum Gasteiger partial charge on any atom is -0.462 e. The summed E-state index contributed by atoms with van der Waals surface area (Å²) in [6.07, 6.45) is 1.56. The number of ether oxygens (including phenoxy) is 1. The normalized spacial score (nSPS) is 11.3. The molecule has 1 aromatic heterocycles. The minimum atomic E-state index is -0.441. The zero-order valence-electron chi connectivity index (χ0n) is 13.1. The van der Waals surface area contributed by atoms with Gasteiger partial charge in [0.25, 0.3) is 5.56 Å². The maximum absolute atomic E-state index is 13.6. The lowest BCUT2D eigenvalue weighted by atomic mass is 10.1. The molecule has 2 aromatic rings. The zero-order chi connectivity index (χ0) is 17.6.